The van der Waals surface area contributed by atoms with Crippen molar-refractivity contribution in [2.24, 2.45) is 0 Å². The highest BCUT2D eigenvalue weighted by Gasteiger charge is 2.12. The van der Waals surface area contributed by atoms with Gasteiger partial charge >= 0.3 is 0 Å². The van der Waals surface area contributed by atoms with E-state index in [2.05, 4.69) is 15.3 Å². The molecular weight excluding hydrogens is 220 g/mol. The van der Waals surface area contributed by atoms with Gasteiger partial charge in [0.05, 0.1) is 12.4 Å². The van der Waals surface area contributed by atoms with Crippen LogP contribution in [0, 0.1) is 6.92 Å². The molecule has 90 valence electrons. The van der Waals surface area contributed by atoms with Crippen LogP contribution in [0.1, 0.15) is 24.5 Å². The monoisotopic (exact) mass is 234 g/mol. The average molecular weight is 234 g/mol. The largest absolute Gasteiger partial charge is 0.464 e. The SMILES string of the molecule is Cc1ccc(C(C)Nc2nc[nH]c(=O)c2N)o1. The highest BCUT2D eigenvalue weighted by Crippen LogP contribution is 2.21. The zero-order valence-corrected chi connectivity index (χ0v) is 9.65. The van der Waals surface area contributed by atoms with Crippen molar-refractivity contribution in [2.45, 2.75) is 19.9 Å². The third kappa shape index (κ3) is 2.30. The fourth-order valence-electron chi connectivity index (χ4n) is 1.49. The molecule has 0 saturated heterocycles. The molecule has 6 nitrogen and oxygen atoms in total. The fourth-order valence-corrected chi connectivity index (χ4v) is 1.49. The van der Waals surface area contributed by atoms with E-state index < -0.39 is 0 Å². The first-order valence-corrected chi connectivity index (χ1v) is 5.24. The van der Waals surface area contributed by atoms with E-state index in [0.29, 0.717) is 5.82 Å². The second-order valence-corrected chi connectivity index (χ2v) is 3.81. The summed E-state index contributed by atoms with van der Waals surface area (Å²) in [5.74, 6) is 1.96. The molecule has 0 aliphatic carbocycles. The molecule has 0 amide bonds. The molecular formula is C11H14N4O2. The molecule has 1 unspecified atom stereocenters. The van der Waals surface area contributed by atoms with Crippen LogP contribution in [-0.2, 0) is 0 Å². The Balaban J connectivity index is 2.21. The second kappa shape index (κ2) is 4.32. The highest BCUT2D eigenvalue weighted by atomic mass is 16.3. The number of H-pyrrole nitrogens is 1. The van der Waals surface area contributed by atoms with Crippen LogP contribution >= 0.6 is 0 Å². The summed E-state index contributed by atoms with van der Waals surface area (Å²) < 4.78 is 5.47. The van der Waals surface area contributed by atoms with Crippen LogP contribution in [0.3, 0.4) is 0 Å². The standard InChI is InChI=1S/C11H14N4O2/c1-6-3-4-8(17-6)7(2)15-10-9(12)11(16)14-5-13-10/h3-5,7H,12H2,1-2H3,(H2,13,14,15,16). The predicted octanol–water partition coefficient (Wildman–Crippen LogP) is 1.43. The quantitative estimate of drug-likeness (QED) is 0.746. The summed E-state index contributed by atoms with van der Waals surface area (Å²) in [7, 11) is 0. The molecule has 0 aliphatic rings. The summed E-state index contributed by atoms with van der Waals surface area (Å²) in [6.07, 6.45) is 1.31. The van der Waals surface area contributed by atoms with Crippen molar-refractivity contribution in [3.63, 3.8) is 0 Å². The zero-order chi connectivity index (χ0) is 12.4. The van der Waals surface area contributed by atoms with Crippen LogP contribution in [0.25, 0.3) is 0 Å². The van der Waals surface area contributed by atoms with E-state index in [1.807, 2.05) is 26.0 Å². The van der Waals surface area contributed by atoms with Crippen LogP contribution in [0.2, 0.25) is 0 Å². The van der Waals surface area contributed by atoms with Crippen LogP contribution in [0.15, 0.2) is 27.7 Å². The van der Waals surface area contributed by atoms with Gasteiger partial charge in [-0.25, -0.2) is 4.98 Å². The molecule has 0 radical (unpaired) electrons. The van der Waals surface area contributed by atoms with Gasteiger partial charge in [-0.15, -0.1) is 0 Å². The van der Waals surface area contributed by atoms with Gasteiger partial charge in [-0.1, -0.05) is 0 Å². The Morgan fingerprint density at radius 3 is 2.94 bits per heavy atom. The molecule has 0 aliphatic heterocycles. The van der Waals surface area contributed by atoms with Gasteiger partial charge < -0.3 is 20.5 Å². The van der Waals surface area contributed by atoms with E-state index in [1.54, 1.807) is 0 Å². The molecule has 6 heteroatoms. The number of nitrogens with one attached hydrogen (secondary N) is 2. The first-order valence-electron chi connectivity index (χ1n) is 5.24. The number of nitrogens with zero attached hydrogens (tertiary/aromatic N) is 1. The van der Waals surface area contributed by atoms with E-state index in [1.165, 1.54) is 6.33 Å². The third-order valence-electron chi connectivity index (χ3n) is 2.43. The summed E-state index contributed by atoms with van der Waals surface area (Å²) in [6.45, 7) is 3.77. The Kier molecular flexibility index (Phi) is 2.86. The van der Waals surface area contributed by atoms with E-state index in [4.69, 9.17) is 10.2 Å². The fraction of sp³-hybridized carbons (Fsp3) is 0.273. The number of rotatable bonds is 3. The normalized spacial score (nSPS) is 12.4. The number of aromatic amines is 1. The Morgan fingerprint density at radius 1 is 1.53 bits per heavy atom. The van der Waals surface area contributed by atoms with Gasteiger partial charge in [0.15, 0.2) is 5.82 Å². The molecule has 0 aromatic carbocycles. The van der Waals surface area contributed by atoms with Gasteiger partial charge in [0.1, 0.15) is 17.2 Å². The maximum Gasteiger partial charge on any atom is 0.276 e. The number of nitrogens with two attached hydrogens (primary N) is 1. The minimum Gasteiger partial charge on any atom is -0.464 e. The number of nitrogen functional groups attached to an aromatic ring is 1. The number of anilines is 2. The smallest absolute Gasteiger partial charge is 0.276 e. The van der Waals surface area contributed by atoms with Gasteiger partial charge in [0.2, 0.25) is 0 Å². The van der Waals surface area contributed by atoms with Crippen molar-refractivity contribution >= 4 is 11.5 Å². The van der Waals surface area contributed by atoms with Gasteiger partial charge in [-0.05, 0) is 26.0 Å². The lowest BCUT2D eigenvalue weighted by atomic mass is 10.2. The van der Waals surface area contributed by atoms with Crippen molar-refractivity contribution in [3.05, 3.63) is 40.3 Å². The molecule has 2 heterocycles. The Hall–Kier alpha value is -2.24. The molecule has 1 atom stereocenters. The lowest BCUT2D eigenvalue weighted by Gasteiger charge is -2.12. The first-order chi connectivity index (χ1) is 8.08. The summed E-state index contributed by atoms with van der Waals surface area (Å²) in [5, 5.41) is 3.03. The maximum absolute atomic E-state index is 11.3. The summed E-state index contributed by atoms with van der Waals surface area (Å²) in [4.78, 5) is 17.7. The van der Waals surface area contributed by atoms with E-state index in [9.17, 15) is 4.79 Å². The molecule has 2 rings (SSSR count). The van der Waals surface area contributed by atoms with Gasteiger partial charge in [-0.3, -0.25) is 4.79 Å². The highest BCUT2D eigenvalue weighted by molar-refractivity contribution is 5.59. The first kappa shape index (κ1) is 11.3. The van der Waals surface area contributed by atoms with E-state index >= 15 is 0 Å². The lowest BCUT2D eigenvalue weighted by Crippen LogP contribution is -2.17. The van der Waals surface area contributed by atoms with E-state index in [-0.39, 0.29) is 17.3 Å². The molecule has 4 N–H and O–H groups in total. The molecule has 0 fully saturated rings. The minimum atomic E-state index is -0.356. The van der Waals surface area contributed by atoms with Crippen LogP contribution in [-0.4, -0.2) is 9.97 Å². The van der Waals surface area contributed by atoms with Crippen molar-refractivity contribution in [1.29, 1.82) is 0 Å². The third-order valence-corrected chi connectivity index (χ3v) is 2.43. The van der Waals surface area contributed by atoms with Crippen molar-refractivity contribution < 1.29 is 4.42 Å². The number of aromatic nitrogens is 2. The Bertz CT molecular complexity index is 573. The van der Waals surface area contributed by atoms with Gasteiger partial charge in [-0.2, -0.15) is 0 Å². The molecule has 2 aromatic heterocycles. The van der Waals surface area contributed by atoms with E-state index in [0.717, 1.165) is 11.5 Å². The summed E-state index contributed by atoms with van der Waals surface area (Å²) >= 11 is 0. The van der Waals surface area contributed by atoms with Crippen molar-refractivity contribution in [1.82, 2.24) is 9.97 Å². The Morgan fingerprint density at radius 2 is 2.29 bits per heavy atom. The lowest BCUT2D eigenvalue weighted by molar-refractivity contribution is 0.466. The summed E-state index contributed by atoms with van der Waals surface area (Å²) in [6, 6.07) is 3.64. The topological polar surface area (TPSA) is 96.9 Å². The number of hydrogen-bond donors (Lipinski definition) is 3. The number of hydrogen-bond acceptors (Lipinski definition) is 5. The van der Waals surface area contributed by atoms with Crippen molar-refractivity contribution in [3.8, 4) is 0 Å². The molecule has 2 aromatic rings. The average Bonchev–Trinajstić information content (AvgIpc) is 2.72. The number of furan rings is 1. The number of aryl methyl sites for hydroxylation is 1. The molecule has 0 spiro atoms. The zero-order valence-electron chi connectivity index (χ0n) is 9.65. The minimum absolute atomic E-state index is 0.0719. The molecule has 0 bridgehead atoms. The van der Waals surface area contributed by atoms with Gasteiger partial charge in [0, 0.05) is 0 Å². The molecule has 17 heavy (non-hydrogen) atoms. The second-order valence-electron chi connectivity index (χ2n) is 3.81. The van der Waals surface area contributed by atoms with Gasteiger partial charge in [0.25, 0.3) is 5.56 Å². The van der Waals surface area contributed by atoms with Crippen LogP contribution in [0.4, 0.5) is 11.5 Å². The van der Waals surface area contributed by atoms with Crippen molar-refractivity contribution in [2.75, 3.05) is 11.1 Å². The predicted molar refractivity (Wildman–Crippen MR) is 64.8 cm³/mol. The maximum atomic E-state index is 11.3. The van der Waals surface area contributed by atoms with Crippen LogP contribution < -0.4 is 16.6 Å². The Labute approximate surface area is 97.9 Å². The summed E-state index contributed by atoms with van der Waals surface area (Å²) in [5.41, 5.74) is 5.33. The molecule has 0 saturated carbocycles. The van der Waals surface area contributed by atoms with Crippen LogP contribution in [0.5, 0.6) is 0 Å².